The predicted octanol–water partition coefficient (Wildman–Crippen LogP) is 0.0588. The fraction of sp³-hybridized carbons (Fsp3) is 1.00. The minimum absolute atomic E-state index is 0.0915. The average Bonchev–Trinajstić information content (AvgIpc) is 2.02. The first-order valence-corrected chi connectivity index (χ1v) is 4.59. The minimum Gasteiger partial charge on any atom is -0.375 e. The summed E-state index contributed by atoms with van der Waals surface area (Å²) in [6.45, 7) is 1.96. The van der Waals surface area contributed by atoms with Gasteiger partial charge in [-0.05, 0) is 27.4 Å². The lowest BCUT2D eigenvalue weighted by molar-refractivity contribution is -0.237. The summed E-state index contributed by atoms with van der Waals surface area (Å²) in [5, 5.41) is 9.58. The maximum absolute atomic E-state index is 9.58. The quantitative estimate of drug-likeness (QED) is 0.667. The summed E-state index contributed by atoms with van der Waals surface area (Å²) in [5.74, 6) is 0. The Balaban J connectivity index is 2.66. The van der Waals surface area contributed by atoms with E-state index in [1.54, 1.807) is 7.11 Å². The van der Waals surface area contributed by atoms with Crippen molar-refractivity contribution in [1.82, 2.24) is 4.90 Å². The summed E-state index contributed by atoms with van der Waals surface area (Å²) in [4.78, 5) is 2.07. The second-order valence-electron chi connectivity index (χ2n) is 3.80. The van der Waals surface area contributed by atoms with Crippen LogP contribution in [0.25, 0.3) is 0 Å². The lowest BCUT2D eigenvalue weighted by atomic mass is 9.99. The molecule has 1 rings (SSSR count). The standard InChI is InChI=1S/C9H19NO3/c1-6-5-7(10(2)3)8(12-4)9(11)13-6/h6-9,11H,5H2,1-4H3/t6-,7+,8-,9?/m1/s1. The highest BCUT2D eigenvalue weighted by Gasteiger charge is 2.37. The molecule has 0 aromatic rings. The molecule has 0 spiro atoms. The van der Waals surface area contributed by atoms with E-state index in [9.17, 15) is 5.11 Å². The number of methoxy groups -OCH3 is 1. The van der Waals surface area contributed by atoms with Gasteiger partial charge in [-0.15, -0.1) is 0 Å². The normalized spacial score (nSPS) is 41.1. The molecule has 13 heavy (non-hydrogen) atoms. The summed E-state index contributed by atoms with van der Waals surface area (Å²) < 4.78 is 10.5. The Labute approximate surface area is 79.4 Å². The summed E-state index contributed by atoms with van der Waals surface area (Å²) in [6, 6.07) is 0.226. The van der Waals surface area contributed by atoms with Crippen LogP contribution in [0.4, 0.5) is 0 Å². The first kappa shape index (κ1) is 10.9. The molecule has 1 N–H and O–H groups in total. The molecule has 1 aliphatic rings. The van der Waals surface area contributed by atoms with Gasteiger partial charge in [0.1, 0.15) is 6.10 Å². The van der Waals surface area contributed by atoms with E-state index in [1.165, 1.54) is 0 Å². The van der Waals surface area contributed by atoms with Crippen LogP contribution in [0, 0.1) is 0 Å². The molecule has 1 heterocycles. The molecule has 1 fully saturated rings. The summed E-state index contributed by atoms with van der Waals surface area (Å²) in [6.07, 6.45) is -0.0658. The van der Waals surface area contributed by atoms with Gasteiger partial charge < -0.3 is 19.5 Å². The third-order valence-corrected chi connectivity index (χ3v) is 2.54. The average molecular weight is 189 g/mol. The Hall–Kier alpha value is -0.160. The van der Waals surface area contributed by atoms with Gasteiger partial charge in [-0.3, -0.25) is 0 Å². The van der Waals surface area contributed by atoms with Crippen molar-refractivity contribution in [3.8, 4) is 0 Å². The van der Waals surface area contributed by atoms with Gasteiger partial charge in [-0.2, -0.15) is 0 Å². The number of nitrogens with zero attached hydrogens (tertiary/aromatic N) is 1. The molecule has 0 aromatic heterocycles. The highest BCUT2D eigenvalue weighted by Crippen LogP contribution is 2.23. The van der Waals surface area contributed by atoms with Crippen LogP contribution >= 0.6 is 0 Å². The lowest BCUT2D eigenvalue weighted by Gasteiger charge is -2.40. The van der Waals surface area contributed by atoms with Crippen LogP contribution in [-0.2, 0) is 9.47 Å². The second-order valence-corrected chi connectivity index (χ2v) is 3.80. The van der Waals surface area contributed by atoms with Crippen LogP contribution in [0.3, 0.4) is 0 Å². The van der Waals surface area contributed by atoms with Gasteiger partial charge in [-0.25, -0.2) is 0 Å². The number of aliphatic hydroxyl groups is 1. The van der Waals surface area contributed by atoms with Gasteiger partial charge in [0.25, 0.3) is 0 Å². The molecule has 78 valence electrons. The molecular weight excluding hydrogens is 170 g/mol. The molecule has 4 nitrogen and oxygen atoms in total. The van der Waals surface area contributed by atoms with Crippen molar-refractivity contribution >= 4 is 0 Å². The van der Waals surface area contributed by atoms with Crippen molar-refractivity contribution in [1.29, 1.82) is 0 Å². The van der Waals surface area contributed by atoms with Gasteiger partial charge in [0.2, 0.25) is 0 Å². The number of aliphatic hydroxyl groups excluding tert-OH is 1. The maximum Gasteiger partial charge on any atom is 0.182 e. The molecule has 4 heteroatoms. The predicted molar refractivity (Wildman–Crippen MR) is 49.4 cm³/mol. The number of hydrogen-bond donors (Lipinski definition) is 1. The Bertz CT molecular complexity index is 163. The SMILES string of the molecule is CO[C@H]1C(O)O[C@H](C)C[C@@H]1N(C)C. The Morgan fingerprint density at radius 1 is 1.46 bits per heavy atom. The van der Waals surface area contributed by atoms with Crippen molar-refractivity contribution in [2.75, 3.05) is 21.2 Å². The lowest BCUT2D eigenvalue weighted by Crippen LogP contribution is -2.54. The smallest absolute Gasteiger partial charge is 0.182 e. The van der Waals surface area contributed by atoms with Gasteiger partial charge in [-0.1, -0.05) is 0 Å². The molecule has 0 aliphatic carbocycles. The van der Waals surface area contributed by atoms with Crippen LogP contribution in [0.5, 0.6) is 0 Å². The number of rotatable bonds is 2. The van der Waals surface area contributed by atoms with Crippen LogP contribution in [0.1, 0.15) is 13.3 Å². The van der Waals surface area contributed by atoms with Crippen molar-refractivity contribution in [3.63, 3.8) is 0 Å². The first-order valence-electron chi connectivity index (χ1n) is 4.59. The fourth-order valence-corrected chi connectivity index (χ4v) is 1.81. The molecule has 1 aliphatic heterocycles. The zero-order valence-electron chi connectivity index (χ0n) is 8.73. The van der Waals surface area contributed by atoms with E-state index in [0.29, 0.717) is 0 Å². The molecule has 0 radical (unpaired) electrons. The Morgan fingerprint density at radius 2 is 2.08 bits per heavy atom. The van der Waals surface area contributed by atoms with Crippen LogP contribution in [0.2, 0.25) is 0 Å². The van der Waals surface area contributed by atoms with Crippen molar-refractivity contribution in [3.05, 3.63) is 0 Å². The molecule has 1 unspecified atom stereocenters. The van der Waals surface area contributed by atoms with E-state index in [4.69, 9.17) is 9.47 Å². The van der Waals surface area contributed by atoms with E-state index in [1.807, 2.05) is 21.0 Å². The zero-order valence-corrected chi connectivity index (χ0v) is 8.73. The molecule has 0 saturated carbocycles. The second kappa shape index (κ2) is 4.37. The van der Waals surface area contributed by atoms with E-state index >= 15 is 0 Å². The monoisotopic (exact) mass is 189 g/mol. The molecule has 0 amide bonds. The molecule has 1 saturated heterocycles. The van der Waals surface area contributed by atoms with E-state index in [-0.39, 0.29) is 18.2 Å². The fourth-order valence-electron chi connectivity index (χ4n) is 1.81. The topological polar surface area (TPSA) is 41.9 Å². The van der Waals surface area contributed by atoms with Gasteiger partial charge in [0, 0.05) is 13.2 Å². The third kappa shape index (κ3) is 2.40. The Kier molecular flexibility index (Phi) is 3.67. The summed E-state index contributed by atoms with van der Waals surface area (Å²) >= 11 is 0. The third-order valence-electron chi connectivity index (χ3n) is 2.54. The molecular formula is C9H19NO3. The largest absolute Gasteiger partial charge is 0.375 e. The zero-order chi connectivity index (χ0) is 10.0. The molecule has 0 bridgehead atoms. The molecule has 0 aromatic carbocycles. The summed E-state index contributed by atoms with van der Waals surface area (Å²) in [5.41, 5.74) is 0. The van der Waals surface area contributed by atoms with Crippen molar-refractivity contribution in [2.24, 2.45) is 0 Å². The number of hydrogen-bond acceptors (Lipinski definition) is 4. The highest BCUT2D eigenvalue weighted by atomic mass is 16.6. The minimum atomic E-state index is -0.804. The van der Waals surface area contributed by atoms with E-state index in [2.05, 4.69) is 4.90 Å². The summed E-state index contributed by atoms with van der Waals surface area (Å²) in [7, 11) is 5.58. The Morgan fingerprint density at radius 3 is 2.54 bits per heavy atom. The van der Waals surface area contributed by atoms with Gasteiger partial charge in [0.15, 0.2) is 6.29 Å². The van der Waals surface area contributed by atoms with E-state index in [0.717, 1.165) is 6.42 Å². The van der Waals surface area contributed by atoms with Crippen LogP contribution in [0.15, 0.2) is 0 Å². The van der Waals surface area contributed by atoms with Gasteiger partial charge in [0.05, 0.1) is 6.10 Å². The van der Waals surface area contributed by atoms with Crippen molar-refractivity contribution in [2.45, 2.75) is 37.9 Å². The highest BCUT2D eigenvalue weighted by molar-refractivity contribution is 4.85. The number of likely N-dealkylation sites (N-methyl/N-ethyl adjacent to an activating group) is 1. The van der Waals surface area contributed by atoms with Crippen molar-refractivity contribution < 1.29 is 14.6 Å². The maximum atomic E-state index is 9.58. The van der Waals surface area contributed by atoms with Gasteiger partial charge >= 0.3 is 0 Å². The van der Waals surface area contributed by atoms with E-state index < -0.39 is 6.29 Å². The molecule has 4 atom stereocenters. The first-order chi connectivity index (χ1) is 6.06. The van der Waals surface area contributed by atoms with Crippen LogP contribution < -0.4 is 0 Å². The number of ether oxygens (including phenoxy) is 2. The van der Waals surface area contributed by atoms with Crippen LogP contribution in [-0.4, -0.2) is 55.8 Å².